The number of aromatic nitrogens is 1. The maximum atomic E-state index is 12.6. The molecule has 4 rings (SSSR count). The van der Waals surface area contributed by atoms with E-state index in [1.807, 2.05) is 13.0 Å². The molecule has 2 aromatic heterocycles. The van der Waals surface area contributed by atoms with Gasteiger partial charge in [-0.1, -0.05) is 0 Å². The number of ether oxygens (including phenoxy) is 3. The highest BCUT2D eigenvalue weighted by Crippen LogP contribution is 2.30. The predicted octanol–water partition coefficient (Wildman–Crippen LogP) is 3.48. The highest BCUT2D eigenvalue weighted by Gasteiger charge is 2.40. The van der Waals surface area contributed by atoms with Gasteiger partial charge in [0.25, 0.3) is 5.91 Å². The van der Waals surface area contributed by atoms with Crippen LogP contribution in [0.1, 0.15) is 36.1 Å². The van der Waals surface area contributed by atoms with Crippen molar-refractivity contribution in [2.45, 2.75) is 45.8 Å². The number of aryl methyl sites for hydroxylation is 2. The van der Waals surface area contributed by atoms with E-state index < -0.39 is 5.79 Å². The second-order valence-corrected chi connectivity index (χ2v) is 9.62. The van der Waals surface area contributed by atoms with E-state index in [2.05, 4.69) is 23.3 Å². The van der Waals surface area contributed by atoms with E-state index >= 15 is 0 Å². The molecule has 164 valence electrons. The molecule has 0 spiro atoms. The summed E-state index contributed by atoms with van der Waals surface area (Å²) in [7, 11) is 0. The molecule has 2 fully saturated rings. The number of oxazole rings is 1. The molecule has 0 radical (unpaired) electrons. The van der Waals surface area contributed by atoms with Crippen molar-refractivity contribution in [3.8, 4) is 10.8 Å². The lowest BCUT2D eigenvalue weighted by atomic mass is 10.00. The van der Waals surface area contributed by atoms with Gasteiger partial charge in [-0.15, -0.1) is 11.3 Å². The average Bonchev–Trinajstić information content (AvgIpc) is 3.34. The van der Waals surface area contributed by atoms with Crippen LogP contribution in [0, 0.1) is 25.7 Å². The molecule has 1 N–H and O–H groups in total. The molecular weight excluding hydrogens is 404 g/mol. The Kier molecular flexibility index (Phi) is 6.57. The predicted molar refractivity (Wildman–Crippen MR) is 113 cm³/mol. The van der Waals surface area contributed by atoms with Crippen LogP contribution in [-0.4, -0.2) is 49.7 Å². The van der Waals surface area contributed by atoms with Crippen molar-refractivity contribution in [2.24, 2.45) is 11.8 Å². The first-order valence-corrected chi connectivity index (χ1v) is 11.4. The van der Waals surface area contributed by atoms with Crippen LogP contribution in [-0.2, 0) is 25.4 Å². The second-order valence-electron chi connectivity index (χ2n) is 8.34. The van der Waals surface area contributed by atoms with Crippen molar-refractivity contribution >= 4 is 17.2 Å². The van der Waals surface area contributed by atoms with Crippen LogP contribution in [0.15, 0.2) is 16.5 Å². The summed E-state index contributed by atoms with van der Waals surface area (Å²) < 4.78 is 23.0. The van der Waals surface area contributed by atoms with Crippen LogP contribution in [0.3, 0.4) is 0 Å². The van der Waals surface area contributed by atoms with E-state index in [0.29, 0.717) is 38.0 Å². The minimum atomic E-state index is -1.24. The summed E-state index contributed by atoms with van der Waals surface area (Å²) in [6.07, 6.45) is 2.65. The molecule has 0 saturated carbocycles. The van der Waals surface area contributed by atoms with Gasteiger partial charge in [0.05, 0.1) is 23.8 Å². The third-order valence-corrected chi connectivity index (χ3v) is 6.81. The summed E-state index contributed by atoms with van der Waals surface area (Å²) in [5, 5.41) is 2.99. The van der Waals surface area contributed by atoms with E-state index in [1.54, 1.807) is 18.3 Å². The van der Waals surface area contributed by atoms with Gasteiger partial charge in [0.2, 0.25) is 11.7 Å². The zero-order chi connectivity index (χ0) is 21.1. The molecule has 0 aromatic carbocycles. The summed E-state index contributed by atoms with van der Waals surface area (Å²) in [6.45, 7) is 8.76. The Morgan fingerprint density at radius 2 is 1.93 bits per heavy atom. The standard InChI is InChI=1S/C22H30N2O5S/c1-14-4-5-19(30-14)20-24-18(15(2)29-20)10-17-12-27-22(3,28-13-17)21(25)23-11-16-6-8-26-9-7-16/h4-5,16-17H,6-13H2,1-3H3,(H,23,25). The first-order valence-electron chi connectivity index (χ1n) is 10.6. The van der Waals surface area contributed by atoms with Crippen molar-refractivity contribution in [1.82, 2.24) is 10.3 Å². The number of hydrogen-bond donors (Lipinski definition) is 1. The molecule has 30 heavy (non-hydrogen) atoms. The molecule has 2 aliphatic rings. The van der Waals surface area contributed by atoms with E-state index in [1.165, 1.54) is 4.88 Å². The van der Waals surface area contributed by atoms with Gasteiger partial charge in [-0.3, -0.25) is 4.79 Å². The Hall–Kier alpha value is -1.74. The highest BCUT2D eigenvalue weighted by molar-refractivity contribution is 7.15. The van der Waals surface area contributed by atoms with Crippen molar-refractivity contribution in [2.75, 3.05) is 33.0 Å². The number of carbonyl (C=O) groups excluding carboxylic acids is 1. The van der Waals surface area contributed by atoms with Crippen LogP contribution < -0.4 is 5.32 Å². The first-order chi connectivity index (χ1) is 14.4. The fraction of sp³-hybridized carbons (Fsp3) is 0.636. The van der Waals surface area contributed by atoms with Gasteiger partial charge in [0.1, 0.15) is 5.76 Å². The average molecular weight is 435 g/mol. The Morgan fingerprint density at radius 1 is 1.20 bits per heavy atom. The second kappa shape index (κ2) is 9.18. The number of amides is 1. The molecule has 0 bridgehead atoms. The minimum absolute atomic E-state index is 0.128. The van der Waals surface area contributed by atoms with Gasteiger partial charge in [0, 0.05) is 37.0 Å². The van der Waals surface area contributed by atoms with Gasteiger partial charge in [-0.05, 0) is 51.7 Å². The molecule has 2 aliphatic heterocycles. The molecule has 4 heterocycles. The van der Waals surface area contributed by atoms with E-state index in [9.17, 15) is 4.79 Å². The largest absolute Gasteiger partial charge is 0.440 e. The van der Waals surface area contributed by atoms with Crippen LogP contribution in [0.5, 0.6) is 0 Å². The fourth-order valence-electron chi connectivity index (χ4n) is 3.79. The Labute approximate surface area is 181 Å². The van der Waals surface area contributed by atoms with Crippen molar-refractivity contribution in [1.29, 1.82) is 0 Å². The maximum Gasteiger partial charge on any atom is 0.280 e. The molecule has 2 saturated heterocycles. The van der Waals surface area contributed by atoms with Gasteiger partial charge in [0.15, 0.2) is 0 Å². The summed E-state index contributed by atoms with van der Waals surface area (Å²) in [5.74, 6) is 0.622. The summed E-state index contributed by atoms with van der Waals surface area (Å²) in [6, 6.07) is 4.10. The molecule has 1 amide bonds. The van der Waals surface area contributed by atoms with E-state index in [-0.39, 0.29) is 11.8 Å². The number of nitrogens with zero attached hydrogens (tertiary/aromatic N) is 1. The molecule has 8 heteroatoms. The van der Waals surface area contributed by atoms with Crippen molar-refractivity contribution in [3.05, 3.63) is 28.5 Å². The van der Waals surface area contributed by atoms with Crippen LogP contribution in [0.4, 0.5) is 0 Å². The number of carbonyl (C=O) groups is 1. The third kappa shape index (κ3) is 4.94. The quantitative estimate of drug-likeness (QED) is 0.749. The molecule has 0 aliphatic carbocycles. The SMILES string of the molecule is Cc1ccc(-c2nc(CC3COC(C)(C(=O)NCC4CCOCC4)OC3)c(C)o2)s1. The lowest BCUT2D eigenvalue weighted by Crippen LogP contribution is -2.54. The lowest BCUT2D eigenvalue weighted by Gasteiger charge is -2.36. The summed E-state index contributed by atoms with van der Waals surface area (Å²) >= 11 is 1.67. The molecule has 0 atom stereocenters. The van der Waals surface area contributed by atoms with E-state index in [4.69, 9.17) is 18.6 Å². The molecular formula is C22H30N2O5S. The Bertz CT molecular complexity index is 863. The normalized spacial score (nSPS) is 25.4. The van der Waals surface area contributed by atoms with E-state index in [0.717, 1.165) is 42.4 Å². The highest BCUT2D eigenvalue weighted by atomic mass is 32.1. The van der Waals surface area contributed by atoms with Crippen LogP contribution in [0.25, 0.3) is 10.8 Å². The molecule has 2 aromatic rings. The Balaban J connectivity index is 1.29. The number of hydrogen-bond acceptors (Lipinski definition) is 7. The fourth-order valence-corrected chi connectivity index (χ4v) is 4.58. The topological polar surface area (TPSA) is 82.8 Å². The van der Waals surface area contributed by atoms with Crippen LogP contribution >= 0.6 is 11.3 Å². The first kappa shape index (κ1) is 21.5. The van der Waals surface area contributed by atoms with Crippen LogP contribution in [0.2, 0.25) is 0 Å². The zero-order valence-corrected chi connectivity index (χ0v) is 18.7. The molecule has 0 unspecified atom stereocenters. The van der Waals surface area contributed by atoms with Crippen molar-refractivity contribution in [3.63, 3.8) is 0 Å². The number of thiophene rings is 1. The van der Waals surface area contributed by atoms with Gasteiger partial charge in [-0.25, -0.2) is 4.98 Å². The van der Waals surface area contributed by atoms with Gasteiger partial charge in [-0.2, -0.15) is 0 Å². The Morgan fingerprint density at radius 3 is 2.60 bits per heavy atom. The number of rotatable bonds is 6. The van der Waals surface area contributed by atoms with Gasteiger partial charge < -0.3 is 23.9 Å². The summed E-state index contributed by atoms with van der Waals surface area (Å²) in [4.78, 5) is 19.6. The number of nitrogens with one attached hydrogen (secondary N) is 1. The lowest BCUT2D eigenvalue weighted by molar-refractivity contribution is -0.260. The van der Waals surface area contributed by atoms with Crippen molar-refractivity contribution < 1.29 is 23.4 Å². The maximum absolute atomic E-state index is 12.6. The zero-order valence-electron chi connectivity index (χ0n) is 17.9. The third-order valence-electron chi connectivity index (χ3n) is 5.82. The minimum Gasteiger partial charge on any atom is -0.440 e. The molecule has 7 nitrogen and oxygen atoms in total. The van der Waals surface area contributed by atoms with Gasteiger partial charge >= 0.3 is 0 Å². The smallest absolute Gasteiger partial charge is 0.280 e. The monoisotopic (exact) mass is 434 g/mol. The summed E-state index contributed by atoms with van der Waals surface area (Å²) in [5.41, 5.74) is 0.917.